The van der Waals surface area contributed by atoms with Crippen LogP contribution in [-0.4, -0.2) is 59.2 Å². The van der Waals surface area contributed by atoms with E-state index in [0.29, 0.717) is 19.0 Å². The van der Waals surface area contributed by atoms with Gasteiger partial charge in [0.05, 0.1) is 13.1 Å². The Morgan fingerprint density at radius 1 is 1.13 bits per heavy atom. The van der Waals surface area contributed by atoms with Crippen molar-refractivity contribution in [3.8, 4) is 17.2 Å². The Kier molecular flexibility index (Phi) is 5.55. The average Bonchev–Trinajstić information content (AvgIpc) is 3.16. The van der Waals surface area contributed by atoms with E-state index in [-0.39, 0.29) is 17.9 Å². The summed E-state index contributed by atoms with van der Waals surface area (Å²) >= 11 is 0. The van der Waals surface area contributed by atoms with Crippen molar-refractivity contribution in [1.29, 1.82) is 0 Å². The van der Waals surface area contributed by atoms with Crippen LogP contribution in [0.4, 0.5) is 0 Å². The van der Waals surface area contributed by atoms with E-state index in [0.717, 1.165) is 23.4 Å². The molecule has 2 aromatic carbocycles. The third kappa shape index (κ3) is 4.36. The summed E-state index contributed by atoms with van der Waals surface area (Å²) in [6.45, 7) is 5.99. The van der Waals surface area contributed by atoms with Crippen LogP contribution in [0.2, 0.25) is 0 Å². The molecular weight excluding hydrogens is 380 g/mol. The van der Waals surface area contributed by atoms with Gasteiger partial charge in [0.15, 0.2) is 0 Å². The lowest BCUT2D eigenvalue weighted by molar-refractivity contribution is 0.0149. The Balaban J connectivity index is 1.33. The number of carbonyl (C=O) groups is 1. The molecule has 1 aliphatic rings. The van der Waals surface area contributed by atoms with Crippen LogP contribution in [0.3, 0.4) is 0 Å². The molecule has 1 aromatic heterocycles. The highest BCUT2D eigenvalue weighted by Crippen LogP contribution is 2.24. The predicted octanol–water partition coefficient (Wildman–Crippen LogP) is 3.32. The maximum absolute atomic E-state index is 12.6. The van der Waals surface area contributed by atoms with E-state index in [1.165, 1.54) is 11.1 Å². The Morgan fingerprint density at radius 2 is 1.87 bits per heavy atom. The fraction of sp³-hybridized carbons (Fsp3) is 0.348. The molecule has 0 N–H and O–H groups in total. The van der Waals surface area contributed by atoms with Crippen molar-refractivity contribution < 1.29 is 13.9 Å². The van der Waals surface area contributed by atoms with Crippen LogP contribution in [0.5, 0.6) is 5.75 Å². The topological polar surface area (TPSA) is 71.7 Å². The molecule has 0 bridgehead atoms. The van der Waals surface area contributed by atoms with Gasteiger partial charge in [-0.25, -0.2) is 0 Å². The van der Waals surface area contributed by atoms with Gasteiger partial charge in [-0.15, -0.1) is 10.2 Å². The number of benzene rings is 2. The summed E-state index contributed by atoms with van der Waals surface area (Å²) in [6.07, 6.45) is -0.0347. The zero-order valence-electron chi connectivity index (χ0n) is 17.8. The smallest absolute Gasteiger partial charge is 0.311 e. The molecule has 1 aliphatic heterocycles. The fourth-order valence-electron chi connectivity index (χ4n) is 3.39. The van der Waals surface area contributed by atoms with Crippen LogP contribution >= 0.6 is 0 Å². The highest BCUT2D eigenvalue weighted by molar-refractivity contribution is 5.90. The molecule has 1 amide bonds. The first-order valence-electron chi connectivity index (χ1n) is 10.00. The fourth-order valence-corrected chi connectivity index (χ4v) is 3.39. The van der Waals surface area contributed by atoms with Gasteiger partial charge < -0.3 is 19.0 Å². The van der Waals surface area contributed by atoms with Crippen molar-refractivity contribution in [1.82, 2.24) is 20.0 Å². The number of likely N-dealkylation sites (tertiary alicyclic amines) is 1. The summed E-state index contributed by atoms with van der Waals surface area (Å²) in [5.74, 6) is 0.914. The van der Waals surface area contributed by atoms with Crippen molar-refractivity contribution in [3.05, 3.63) is 65.0 Å². The summed E-state index contributed by atoms with van der Waals surface area (Å²) in [6, 6.07) is 13.9. The lowest BCUT2D eigenvalue weighted by atomic mass is 10.1. The van der Waals surface area contributed by atoms with Gasteiger partial charge in [0.25, 0.3) is 0 Å². The first-order chi connectivity index (χ1) is 14.4. The lowest BCUT2D eigenvalue weighted by Gasteiger charge is -2.38. The Labute approximate surface area is 176 Å². The van der Waals surface area contributed by atoms with E-state index >= 15 is 0 Å². The number of hydrogen-bond donors (Lipinski definition) is 0. The van der Waals surface area contributed by atoms with Crippen LogP contribution in [0, 0.1) is 13.8 Å². The molecule has 0 spiro atoms. The van der Waals surface area contributed by atoms with Crippen molar-refractivity contribution >= 4 is 5.91 Å². The zero-order valence-corrected chi connectivity index (χ0v) is 17.8. The van der Waals surface area contributed by atoms with Gasteiger partial charge >= 0.3 is 11.8 Å². The number of nitrogens with zero attached hydrogens (tertiary/aromatic N) is 4. The highest BCUT2D eigenvalue weighted by Gasteiger charge is 2.35. The molecule has 0 saturated carbocycles. The minimum Gasteiger partial charge on any atom is -0.487 e. The summed E-state index contributed by atoms with van der Waals surface area (Å²) in [7, 11) is 4.11. The van der Waals surface area contributed by atoms with E-state index in [4.69, 9.17) is 9.15 Å². The number of aryl methyl sites for hydroxylation is 2. The average molecular weight is 406 g/mol. The maximum atomic E-state index is 12.6. The minimum atomic E-state index is -0.266. The molecule has 3 aromatic rings. The third-order valence-corrected chi connectivity index (χ3v) is 5.15. The molecular formula is C23H26N4O3. The summed E-state index contributed by atoms with van der Waals surface area (Å²) < 4.78 is 11.6. The second kappa shape index (κ2) is 8.28. The normalized spacial score (nSPS) is 14.1. The molecule has 0 atom stereocenters. The second-order valence-corrected chi connectivity index (χ2v) is 8.05. The van der Waals surface area contributed by atoms with E-state index in [1.54, 1.807) is 4.90 Å². The van der Waals surface area contributed by atoms with E-state index < -0.39 is 0 Å². The van der Waals surface area contributed by atoms with Crippen LogP contribution < -0.4 is 4.74 Å². The largest absolute Gasteiger partial charge is 0.487 e. The van der Waals surface area contributed by atoms with Crippen molar-refractivity contribution in [3.63, 3.8) is 0 Å². The van der Waals surface area contributed by atoms with E-state index in [1.807, 2.05) is 37.3 Å². The maximum Gasteiger partial charge on any atom is 0.311 e. The van der Waals surface area contributed by atoms with Crippen molar-refractivity contribution in [2.24, 2.45) is 0 Å². The second-order valence-electron chi connectivity index (χ2n) is 8.05. The lowest BCUT2D eigenvalue weighted by Crippen LogP contribution is -2.56. The van der Waals surface area contributed by atoms with Gasteiger partial charge in [-0.1, -0.05) is 23.8 Å². The van der Waals surface area contributed by atoms with E-state index in [2.05, 4.69) is 48.2 Å². The Morgan fingerprint density at radius 3 is 2.53 bits per heavy atom. The van der Waals surface area contributed by atoms with Gasteiger partial charge in [0, 0.05) is 12.1 Å². The van der Waals surface area contributed by atoms with Gasteiger partial charge in [-0.05, 0) is 63.3 Å². The van der Waals surface area contributed by atoms with Gasteiger partial charge in [0.2, 0.25) is 5.89 Å². The summed E-state index contributed by atoms with van der Waals surface area (Å²) in [5, 5.41) is 7.92. The van der Waals surface area contributed by atoms with Crippen LogP contribution in [0.25, 0.3) is 11.5 Å². The van der Waals surface area contributed by atoms with Crippen molar-refractivity contribution in [2.45, 2.75) is 26.5 Å². The number of hydrogen-bond acceptors (Lipinski definition) is 6. The Bertz CT molecular complexity index is 1040. The summed E-state index contributed by atoms with van der Waals surface area (Å²) in [5.41, 5.74) is 4.41. The molecule has 7 heteroatoms. The summed E-state index contributed by atoms with van der Waals surface area (Å²) in [4.78, 5) is 16.4. The molecule has 7 nitrogen and oxygen atoms in total. The first-order valence-corrected chi connectivity index (χ1v) is 10.00. The standard InChI is InChI=1S/C23H26N4O3/c1-15-5-7-17(8-6-15)21-24-25-22(30-21)23(28)27-13-20(14-27)29-19-10-9-18(12-26(3)4)16(2)11-19/h5-11,20H,12-14H2,1-4H3. The van der Waals surface area contributed by atoms with E-state index in [9.17, 15) is 4.79 Å². The van der Waals surface area contributed by atoms with Crippen LogP contribution in [0.1, 0.15) is 27.4 Å². The van der Waals surface area contributed by atoms with Gasteiger partial charge in [-0.2, -0.15) is 0 Å². The van der Waals surface area contributed by atoms with Crippen LogP contribution in [0.15, 0.2) is 46.9 Å². The number of ether oxygens (including phenoxy) is 1. The molecule has 0 unspecified atom stereocenters. The van der Waals surface area contributed by atoms with Crippen molar-refractivity contribution in [2.75, 3.05) is 27.2 Å². The predicted molar refractivity (Wildman–Crippen MR) is 113 cm³/mol. The monoisotopic (exact) mass is 406 g/mol. The van der Waals surface area contributed by atoms with Crippen LogP contribution in [-0.2, 0) is 6.54 Å². The van der Waals surface area contributed by atoms with Gasteiger partial charge in [0.1, 0.15) is 11.9 Å². The number of carbonyl (C=O) groups excluding carboxylic acids is 1. The van der Waals surface area contributed by atoms with Gasteiger partial charge in [-0.3, -0.25) is 4.79 Å². The number of amides is 1. The SMILES string of the molecule is Cc1ccc(-c2nnc(C(=O)N3CC(Oc4ccc(CN(C)C)c(C)c4)C3)o2)cc1. The molecule has 1 saturated heterocycles. The molecule has 2 heterocycles. The first kappa shape index (κ1) is 20.1. The minimum absolute atomic E-state index is 0.00732. The number of aromatic nitrogens is 2. The molecule has 156 valence electrons. The molecule has 0 radical (unpaired) electrons. The third-order valence-electron chi connectivity index (χ3n) is 5.15. The molecule has 0 aliphatic carbocycles. The quantitative estimate of drug-likeness (QED) is 0.625. The highest BCUT2D eigenvalue weighted by atomic mass is 16.5. The zero-order chi connectivity index (χ0) is 21.3. The molecule has 1 fully saturated rings. The Hall–Kier alpha value is -3.19. The molecule has 4 rings (SSSR count). The number of rotatable bonds is 6. The molecule has 30 heavy (non-hydrogen) atoms.